The highest BCUT2D eigenvalue weighted by molar-refractivity contribution is 7.99. The molecule has 1 saturated carbocycles. The van der Waals surface area contributed by atoms with Crippen LogP contribution in [-0.4, -0.2) is 22.6 Å². The van der Waals surface area contributed by atoms with Gasteiger partial charge in [0.15, 0.2) is 0 Å². The zero-order valence-corrected chi connectivity index (χ0v) is 7.19. The van der Waals surface area contributed by atoms with Gasteiger partial charge >= 0.3 is 5.97 Å². The molecular weight excluding hydrogens is 160 g/mol. The van der Waals surface area contributed by atoms with Crippen LogP contribution in [0.5, 0.6) is 0 Å². The highest BCUT2D eigenvalue weighted by Crippen LogP contribution is 2.60. The van der Waals surface area contributed by atoms with E-state index in [4.69, 9.17) is 5.11 Å². The Morgan fingerprint density at radius 3 is 2.55 bits per heavy atom. The normalized spacial score (nSPS) is 33.6. The average molecular weight is 172 g/mol. The lowest BCUT2D eigenvalue weighted by Crippen LogP contribution is -2.16. The Morgan fingerprint density at radius 1 is 1.45 bits per heavy atom. The molecule has 0 aromatic carbocycles. The second-order valence-corrected chi connectivity index (χ2v) is 4.79. The molecule has 1 heterocycles. The maximum absolute atomic E-state index is 10.6. The zero-order valence-electron chi connectivity index (χ0n) is 6.38. The second-order valence-electron chi connectivity index (χ2n) is 3.57. The van der Waals surface area contributed by atoms with Crippen LogP contribution in [0.2, 0.25) is 0 Å². The van der Waals surface area contributed by atoms with Crippen LogP contribution in [0.25, 0.3) is 0 Å². The van der Waals surface area contributed by atoms with Gasteiger partial charge in [-0.1, -0.05) is 0 Å². The summed E-state index contributed by atoms with van der Waals surface area (Å²) in [6, 6.07) is 0. The minimum absolute atomic E-state index is 0.00315. The van der Waals surface area contributed by atoms with Gasteiger partial charge in [-0.2, -0.15) is 11.8 Å². The van der Waals surface area contributed by atoms with Crippen LogP contribution in [0, 0.1) is 11.3 Å². The molecule has 0 aromatic heterocycles. The summed E-state index contributed by atoms with van der Waals surface area (Å²) in [6.07, 6.45) is 3.21. The number of hydrogen-bond acceptors (Lipinski definition) is 2. The van der Waals surface area contributed by atoms with E-state index in [1.807, 2.05) is 11.8 Å². The van der Waals surface area contributed by atoms with Gasteiger partial charge in [-0.05, 0) is 36.2 Å². The predicted octanol–water partition coefficient (Wildman–Crippen LogP) is 1.60. The first-order chi connectivity index (χ1) is 5.25. The second kappa shape index (κ2) is 2.41. The minimum atomic E-state index is -0.572. The molecule has 1 aliphatic carbocycles. The average Bonchev–Trinajstić information content (AvgIpc) is 2.66. The molecule has 0 radical (unpaired) electrons. The van der Waals surface area contributed by atoms with Crippen molar-refractivity contribution in [2.45, 2.75) is 19.3 Å². The van der Waals surface area contributed by atoms with E-state index in [-0.39, 0.29) is 11.3 Å². The third-order valence-corrected chi connectivity index (χ3v) is 3.96. The fourth-order valence-electron chi connectivity index (χ4n) is 2.03. The highest BCUT2D eigenvalue weighted by atomic mass is 32.2. The van der Waals surface area contributed by atoms with Gasteiger partial charge in [0.25, 0.3) is 0 Å². The fraction of sp³-hybridized carbons (Fsp3) is 0.875. The maximum atomic E-state index is 10.6. The first-order valence-corrected chi connectivity index (χ1v) is 5.21. The van der Waals surface area contributed by atoms with E-state index in [0.29, 0.717) is 0 Å². The Morgan fingerprint density at radius 2 is 2.09 bits per heavy atom. The van der Waals surface area contributed by atoms with Crippen molar-refractivity contribution >= 4 is 17.7 Å². The van der Waals surface area contributed by atoms with Gasteiger partial charge in [0, 0.05) is 0 Å². The summed E-state index contributed by atoms with van der Waals surface area (Å²) in [5.41, 5.74) is 0.247. The molecule has 1 unspecified atom stereocenters. The van der Waals surface area contributed by atoms with Crippen LogP contribution in [0.3, 0.4) is 0 Å². The maximum Gasteiger partial charge on any atom is 0.307 e. The van der Waals surface area contributed by atoms with Crippen LogP contribution >= 0.6 is 11.8 Å². The molecule has 2 nitrogen and oxygen atoms in total. The van der Waals surface area contributed by atoms with E-state index in [2.05, 4.69) is 0 Å². The summed E-state index contributed by atoms with van der Waals surface area (Å²) in [4.78, 5) is 10.6. The molecule has 2 rings (SSSR count). The molecule has 2 fully saturated rings. The number of carbonyl (C=O) groups is 1. The lowest BCUT2D eigenvalue weighted by Gasteiger charge is -2.20. The van der Waals surface area contributed by atoms with Gasteiger partial charge < -0.3 is 5.11 Å². The quantitative estimate of drug-likeness (QED) is 0.653. The van der Waals surface area contributed by atoms with E-state index < -0.39 is 5.97 Å². The number of carboxylic acids is 1. The van der Waals surface area contributed by atoms with Crippen LogP contribution in [-0.2, 0) is 4.79 Å². The van der Waals surface area contributed by atoms with Crippen molar-refractivity contribution in [1.82, 2.24) is 0 Å². The van der Waals surface area contributed by atoms with Crippen LogP contribution < -0.4 is 0 Å². The van der Waals surface area contributed by atoms with Gasteiger partial charge in [-0.15, -0.1) is 0 Å². The Labute approximate surface area is 70.4 Å². The van der Waals surface area contributed by atoms with E-state index in [9.17, 15) is 4.79 Å². The topological polar surface area (TPSA) is 37.3 Å². The predicted molar refractivity (Wildman–Crippen MR) is 44.7 cm³/mol. The Balaban J connectivity index is 1.99. The largest absolute Gasteiger partial charge is 0.481 e. The summed E-state index contributed by atoms with van der Waals surface area (Å²) in [5, 5.41) is 8.76. The van der Waals surface area contributed by atoms with E-state index in [1.165, 1.54) is 11.5 Å². The van der Waals surface area contributed by atoms with Crippen molar-refractivity contribution in [2.75, 3.05) is 11.5 Å². The van der Waals surface area contributed by atoms with Gasteiger partial charge in [0.2, 0.25) is 0 Å². The summed E-state index contributed by atoms with van der Waals surface area (Å²) in [7, 11) is 0. The van der Waals surface area contributed by atoms with E-state index in [0.717, 1.165) is 19.3 Å². The lowest BCUT2D eigenvalue weighted by atomic mass is 9.96. The van der Waals surface area contributed by atoms with Gasteiger partial charge in [0.05, 0.1) is 5.92 Å². The highest BCUT2D eigenvalue weighted by Gasteiger charge is 2.57. The number of aliphatic carboxylic acids is 1. The molecule has 11 heavy (non-hydrogen) atoms. The van der Waals surface area contributed by atoms with Crippen molar-refractivity contribution in [3.63, 3.8) is 0 Å². The lowest BCUT2D eigenvalue weighted by molar-refractivity contribution is -0.139. The van der Waals surface area contributed by atoms with Crippen molar-refractivity contribution in [2.24, 2.45) is 11.3 Å². The number of thioether (sulfide) groups is 1. The van der Waals surface area contributed by atoms with Crippen molar-refractivity contribution < 1.29 is 9.90 Å². The van der Waals surface area contributed by atoms with Crippen molar-refractivity contribution in [3.05, 3.63) is 0 Å². The number of carboxylic acid groups (broad SMARTS) is 1. The number of hydrogen-bond donors (Lipinski definition) is 1. The molecule has 1 saturated heterocycles. The molecule has 1 N–H and O–H groups in total. The SMILES string of the molecule is O=C(O)C1CC12CCSCC2. The van der Waals surface area contributed by atoms with Gasteiger partial charge in [-0.25, -0.2) is 0 Å². The van der Waals surface area contributed by atoms with E-state index >= 15 is 0 Å². The fourth-order valence-corrected chi connectivity index (χ4v) is 3.33. The molecule has 62 valence electrons. The third kappa shape index (κ3) is 1.15. The first-order valence-electron chi connectivity index (χ1n) is 4.05. The molecular formula is C8H12O2S. The monoisotopic (exact) mass is 172 g/mol. The molecule has 2 aliphatic rings. The van der Waals surface area contributed by atoms with Crippen LogP contribution in [0.15, 0.2) is 0 Å². The molecule has 3 heteroatoms. The van der Waals surface area contributed by atoms with Gasteiger partial charge in [0.1, 0.15) is 0 Å². The summed E-state index contributed by atoms with van der Waals surface area (Å²) >= 11 is 1.96. The Bertz CT molecular complexity index is 185. The molecule has 0 amide bonds. The minimum Gasteiger partial charge on any atom is -0.481 e. The summed E-state index contributed by atoms with van der Waals surface area (Å²) in [6.45, 7) is 0. The molecule has 0 aromatic rings. The van der Waals surface area contributed by atoms with Crippen molar-refractivity contribution in [1.29, 1.82) is 0 Å². The molecule has 1 spiro atoms. The molecule has 1 atom stereocenters. The zero-order chi connectivity index (χ0) is 7.90. The summed E-state index contributed by atoms with van der Waals surface area (Å²) in [5.74, 6) is 1.77. The van der Waals surface area contributed by atoms with Crippen molar-refractivity contribution in [3.8, 4) is 0 Å². The summed E-state index contributed by atoms with van der Waals surface area (Å²) < 4.78 is 0. The van der Waals surface area contributed by atoms with Gasteiger partial charge in [-0.3, -0.25) is 4.79 Å². The first kappa shape index (κ1) is 7.47. The van der Waals surface area contributed by atoms with E-state index in [1.54, 1.807) is 0 Å². The van der Waals surface area contributed by atoms with Crippen LogP contribution in [0.4, 0.5) is 0 Å². The standard InChI is InChI=1S/C8H12O2S/c9-7(10)6-5-8(6)1-3-11-4-2-8/h6H,1-5H2,(H,9,10). The number of rotatable bonds is 1. The smallest absolute Gasteiger partial charge is 0.307 e. The van der Waals surface area contributed by atoms with Crippen LogP contribution in [0.1, 0.15) is 19.3 Å². The Hall–Kier alpha value is -0.180. The third-order valence-electron chi connectivity index (χ3n) is 2.98. The molecule has 1 aliphatic heterocycles. The Kier molecular flexibility index (Phi) is 1.63. The molecule has 0 bridgehead atoms.